The van der Waals surface area contributed by atoms with Crippen LogP contribution in [0.4, 0.5) is 10.1 Å². The summed E-state index contributed by atoms with van der Waals surface area (Å²) in [6, 6.07) is 4.95. The number of hydrogen-bond acceptors (Lipinski definition) is 3. The molecule has 0 heterocycles. The smallest absolute Gasteiger partial charge is 0.146 e. The predicted octanol–water partition coefficient (Wildman–Crippen LogP) is 2.72. The van der Waals surface area contributed by atoms with Crippen LogP contribution >= 0.6 is 0 Å². The molecule has 0 aliphatic carbocycles. The third kappa shape index (κ3) is 5.47. The van der Waals surface area contributed by atoms with Crippen LogP contribution in [0.3, 0.4) is 0 Å². The molecule has 0 fully saturated rings. The van der Waals surface area contributed by atoms with Crippen molar-refractivity contribution in [2.45, 2.75) is 39.4 Å². The highest BCUT2D eigenvalue weighted by molar-refractivity contribution is 5.46. The summed E-state index contributed by atoms with van der Waals surface area (Å²) >= 11 is 0. The Morgan fingerprint density at radius 3 is 2.61 bits per heavy atom. The predicted molar refractivity (Wildman–Crippen MR) is 71.3 cm³/mol. The van der Waals surface area contributed by atoms with E-state index in [0.717, 1.165) is 5.56 Å². The Morgan fingerprint density at radius 2 is 2.06 bits per heavy atom. The molecular weight excluding hydrogens is 233 g/mol. The van der Waals surface area contributed by atoms with Gasteiger partial charge in [0, 0.05) is 6.54 Å². The molecule has 0 amide bonds. The number of anilines is 1. The van der Waals surface area contributed by atoms with Crippen LogP contribution in [-0.4, -0.2) is 30.0 Å². The summed E-state index contributed by atoms with van der Waals surface area (Å²) in [5.74, 6) is -0.307. The maximum Gasteiger partial charge on any atom is 0.146 e. The normalized spacial score (nSPS) is 13.4. The summed E-state index contributed by atoms with van der Waals surface area (Å²) < 4.78 is 18.9. The van der Waals surface area contributed by atoms with Crippen LogP contribution in [0.1, 0.15) is 26.3 Å². The average Bonchev–Trinajstić information content (AvgIpc) is 2.24. The molecule has 0 aliphatic rings. The first-order valence-electron chi connectivity index (χ1n) is 6.10. The number of ether oxygens (including phenoxy) is 1. The first-order chi connectivity index (χ1) is 8.28. The molecule has 2 N–H and O–H groups in total. The number of benzene rings is 1. The van der Waals surface area contributed by atoms with Crippen molar-refractivity contribution in [3.63, 3.8) is 0 Å². The van der Waals surface area contributed by atoms with E-state index >= 15 is 0 Å². The van der Waals surface area contributed by atoms with Gasteiger partial charge in [0.05, 0.1) is 24.0 Å². The quantitative estimate of drug-likeness (QED) is 0.850. The summed E-state index contributed by atoms with van der Waals surface area (Å²) in [4.78, 5) is 0. The summed E-state index contributed by atoms with van der Waals surface area (Å²) in [7, 11) is 0. The molecule has 0 radical (unpaired) electrons. The Kier molecular flexibility index (Phi) is 5.11. The van der Waals surface area contributed by atoms with Gasteiger partial charge in [-0.15, -0.1) is 0 Å². The minimum atomic E-state index is -0.662. The first kappa shape index (κ1) is 14.9. The average molecular weight is 255 g/mol. The van der Waals surface area contributed by atoms with E-state index in [9.17, 15) is 9.50 Å². The van der Waals surface area contributed by atoms with Gasteiger partial charge in [-0.3, -0.25) is 0 Å². The number of aliphatic hydroxyl groups excluding tert-OH is 1. The second kappa shape index (κ2) is 6.16. The zero-order valence-corrected chi connectivity index (χ0v) is 11.5. The molecule has 0 aromatic heterocycles. The number of hydrogen-bond donors (Lipinski definition) is 2. The van der Waals surface area contributed by atoms with Gasteiger partial charge in [0.25, 0.3) is 0 Å². The standard InChI is InChI=1S/C14H22FNO2/c1-10-5-6-13(12(15)7-10)16-8-11(17)9-18-14(2,3)4/h5-7,11,16-17H,8-9H2,1-4H3. The Morgan fingerprint density at radius 1 is 1.39 bits per heavy atom. The van der Waals surface area contributed by atoms with Gasteiger partial charge in [-0.05, 0) is 45.4 Å². The Balaban J connectivity index is 2.40. The lowest BCUT2D eigenvalue weighted by Gasteiger charge is -2.22. The molecule has 0 saturated carbocycles. The fourth-order valence-corrected chi connectivity index (χ4v) is 1.40. The molecular formula is C14H22FNO2. The minimum Gasteiger partial charge on any atom is -0.389 e. The van der Waals surface area contributed by atoms with Gasteiger partial charge >= 0.3 is 0 Å². The van der Waals surface area contributed by atoms with Crippen molar-refractivity contribution < 1.29 is 14.2 Å². The zero-order valence-electron chi connectivity index (χ0n) is 11.5. The van der Waals surface area contributed by atoms with E-state index in [2.05, 4.69) is 5.32 Å². The molecule has 1 aromatic rings. The summed E-state index contributed by atoms with van der Waals surface area (Å²) in [6.45, 7) is 8.09. The van der Waals surface area contributed by atoms with Crippen molar-refractivity contribution in [3.8, 4) is 0 Å². The second-order valence-corrected chi connectivity index (χ2v) is 5.44. The maximum atomic E-state index is 13.5. The molecule has 1 aromatic carbocycles. The molecule has 1 unspecified atom stereocenters. The van der Waals surface area contributed by atoms with Gasteiger partial charge in [-0.1, -0.05) is 6.07 Å². The Hall–Kier alpha value is -1.13. The maximum absolute atomic E-state index is 13.5. The van der Waals surface area contributed by atoms with Crippen LogP contribution in [0, 0.1) is 12.7 Å². The molecule has 1 atom stereocenters. The largest absolute Gasteiger partial charge is 0.389 e. The van der Waals surface area contributed by atoms with E-state index in [1.807, 2.05) is 33.8 Å². The van der Waals surface area contributed by atoms with Gasteiger partial charge in [-0.2, -0.15) is 0 Å². The van der Waals surface area contributed by atoms with Crippen molar-refractivity contribution in [2.75, 3.05) is 18.5 Å². The van der Waals surface area contributed by atoms with E-state index in [0.29, 0.717) is 5.69 Å². The Labute approximate surface area is 108 Å². The number of rotatable bonds is 5. The van der Waals surface area contributed by atoms with Crippen LogP contribution in [0.25, 0.3) is 0 Å². The second-order valence-electron chi connectivity index (χ2n) is 5.44. The molecule has 102 valence electrons. The first-order valence-corrected chi connectivity index (χ1v) is 6.10. The van der Waals surface area contributed by atoms with Crippen LogP contribution in [0.2, 0.25) is 0 Å². The molecule has 0 saturated heterocycles. The fourth-order valence-electron chi connectivity index (χ4n) is 1.40. The molecule has 3 nitrogen and oxygen atoms in total. The van der Waals surface area contributed by atoms with Gasteiger partial charge in [0.1, 0.15) is 5.82 Å². The van der Waals surface area contributed by atoms with E-state index in [1.54, 1.807) is 6.07 Å². The monoisotopic (exact) mass is 255 g/mol. The van der Waals surface area contributed by atoms with E-state index in [-0.39, 0.29) is 24.6 Å². The van der Waals surface area contributed by atoms with E-state index in [1.165, 1.54) is 6.07 Å². The third-order valence-electron chi connectivity index (χ3n) is 2.36. The number of aliphatic hydroxyl groups is 1. The number of aryl methyl sites for hydroxylation is 1. The van der Waals surface area contributed by atoms with Gasteiger partial charge in [-0.25, -0.2) is 4.39 Å². The van der Waals surface area contributed by atoms with Crippen molar-refractivity contribution in [1.29, 1.82) is 0 Å². The molecule has 0 spiro atoms. The van der Waals surface area contributed by atoms with Crippen LogP contribution < -0.4 is 5.32 Å². The number of halogens is 1. The van der Waals surface area contributed by atoms with Gasteiger partial charge in [0.15, 0.2) is 0 Å². The van der Waals surface area contributed by atoms with Crippen LogP contribution in [0.15, 0.2) is 18.2 Å². The van der Waals surface area contributed by atoms with Crippen molar-refractivity contribution in [3.05, 3.63) is 29.6 Å². The van der Waals surface area contributed by atoms with E-state index < -0.39 is 6.10 Å². The minimum absolute atomic E-state index is 0.226. The van der Waals surface area contributed by atoms with Gasteiger partial charge in [0.2, 0.25) is 0 Å². The summed E-state index contributed by atoms with van der Waals surface area (Å²) in [6.07, 6.45) is -0.662. The fraction of sp³-hybridized carbons (Fsp3) is 0.571. The lowest BCUT2D eigenvalue weighted by Crippen LogP contribution is -2.30. The van der Waals surface area contributed by atoms with Gasteiger partial charge < -0.3 is 15.2 Å². The summed E-state index contributed by atoms with van der Waals surface area (Å²) in [5, 5.41) is 12.6. The zero-order chi connectivity index (χ0) is 13.8. The third-order valence-corrected chi connectivity index (χ3v) is 2.36. The molecule has 1 rings (SSSR count). The van der Waals surface area contributed by atoms with E-state index in [4.69, 9.17) is 4.74 Å². The SMILES string of the molecule is Cc1ccc(NCC(O)COC(C)(C)C)c(F)c1. The molecule has 0 bridgehead atoms. The highest BCUT2D eigenvalue weighted by Crippen LogP contribution is 2.15. The highest BCUT2D eigenvalue weighted by atomic mass is 19.1. The number of nitrogens with one attached hydrogen (secondary N) is 1. The lowest BCUT2D eigenvalue weighted by molar-refractivity contribution is -0.0449. The molecule has 18 heavy (non-hydrogen) atoms. The van der Waals surface area contributed by atoms with Crippen molar-refractivity contribution in [1.82, 2.24) is 0 Å². The van der Waals surface area contributed by atoms with Crippen LogP contribution in [0.5, 0.6) is 0 Å². The molecule has 4 heteroatoms. The highest BCUT2D eigenvalue weighted by Gasteiger charge is 2.13. The lowest BCUT2D eigenvalue weighted by atomic mass is 10.2. The van der Waals surface area contributed by atoms with Crippen molar-refractivity contribution in [2.24, 2.45) is 0 Å². The van der Waals surface area contributed by atoms with Crippen LogP contribution in [-0.2, 0) is 4.74 Å². The van der Waals surface area contributed by atoms with Crippen molar-refractivity contribution >= 4 is 5.69 Å². The Bertz CT molecular complexity index is 388. The molecule has 0 aliphatic heterocycles. The topological polar surface area (TPSA) is 41.5 Å². The summed E-state index contributed by atoms with van der Waals surface area (Å²) in [5.41, 5.74) is 0.987.